The van der Waals surface area contributed by atoms with E-state index >= 15 is 0 Å². The van der Waals surface area contributed by atoms with Crippen LogP contribution in [0, 0.1) is 0 Å². The summed E-state index contributed by atoms with van der Waals surface area (Å²) >= 11 is 0. The van der Waals surface area contributed by atoms with Gasteiger partial charge in [-0.25, -0.2) is 9.97 Å². The van der Waals surface area contributed by atoms with Gasteiger partial charge in [0, 0.05) is 57.1 Å². The molecule has 29 heavy (non-hydrogen) atoms. The molecule has 0 aliphatic carbocycles. The number of aromatic nitrogens is 2. The number of hydrogen-bond acceptors (Lipinski definition) is 6. The SMILES string of the molecule is COc1ccccc1N1CCN([C@@H]2CCCN(c3ncncc3C(C)C)C2)CC1. The second-order valence-electron chi connectivity index (χ2n) is 8.39. The number of para-hydroxylation sites is 2. The molecule has 2 aliphatic rings. The minimum atomic E-state index is 0.441. The molecule has 0 unspecified atom stereocenters. The van der Waals surface area contributed by atoms with Crippen LogP contribution in [0.25, 0.3) is 0 Å². The van der Waals surface area contributed by atoms with Crippen LogP contribution in [0.5, 0.6) is 5.75 Å². The third-order valence-corrected chi connectivity index (χ3v) is 6.29. The van der Waals surface area contributed by atoms with Crippen molar-refractivity contribution in [3.63, 3.8) is 0 Å². The zero-order valence-corrected chi connectivity index (χ0v) is 17.9. The van der Waals surface area contributed by atoms with Crippen LogP contribution < -0.4 is 14.5 Å². The van der Waals surface area contributed by atoms with E-state index in [1.807, 2.05) is 12.3 Å². The molecule has 6 nitrogen and oxygen atoms in total. The highest BCUT2D eigenvalue weighted by Crippen LogP contribution is 2.31. The van der Waals surface area contributed by atoms with Crippen molar-refractivity contribution in [3.05, 3.63) is 42.4 Å². The minimum Gasteiger partial charge on any atom is -0.495 e. The van der Waals surface area contributed by atoms with E-state index in [1.54, 1.807) is 13.4 Å². The van der Waals surface area contributed by atoms with Crippen molar-refractivity contribution in [1.29, 1.82) is 0 Å². The third kappa shape index (κ3) is 4.32. The predicted octanol–water partition coefficient (Wildman–Crippen LogP) is 3.40. The molecule has 0 amide bonds. The average molecular weight is 396 g/mol. The normalized spacial score (nSPS) is 20.9. The molecule has 1 atom stereocenters. The molecule has 2 fully saturated rings. The highest BCUT2D eigenvalue weighted by Gasteiger charge is 2.30. The summed E-state index contributed by atoms with van der Waals surface area (Å²) in [5.74, 6) is 2.54. The number of hydrogen-bond donors (Lipinski definition) is 0. The molecule has 0 radical (unpaired) electrons. The molecule has 0 saturated carbocycles. The summed E-state index contributed by atoms with van der Waals surface area (Å²) in [6, 6.07) is 8.94. The van der Waals surface area contributed by atoms with Crippen molar-refractivity contribution in [3.8, 4) is 5.75 Å². The zero-order valence-electron chi connectivity index (χ0n) is 17.9. The number of ether oxygens (including phenoxy) is 1. The molecule has 2 aliphatic heterocycles. The van der Waals surface area contributed by atoms with Crippen LogP contribution in [0.4, 0.5) is 11.5 Å². The molecule has 2 saturated heterocycles. The molecule has 156 valence electrons. The summed E-state index contributed by atoms with van der Waals surface area (Å²) in [4.78, 5) is 16.5. The largest absolute Gasteiger partial charge is 0.495 e. The molecule has 1 aromatic carbocycles. The van der Waals surface area contributed by atoms with Gasteiger partial charge >= 0.3 is 0 Å². The first-order valence-corrected chi connectivity index (χ1v) is 10.8. The Morgan fingerprint density at radius 1 is 1.03 bits per heavy atom. The van der Waals surface area contributed by atoms with Gasteiger partial charge in [0.05, 0.1) is 12.8 Å². The Morgan fingerprint density at radius 2 is 1.83 bits per heavy atom. The van der Waals surface area contributed by atoms with Crippen molar-refractivity contribution < 1.29 is 4.74 Å². The van der Waals surface area contributed by atoms with Crippen LogP contribution in [-0.4, -0.2) is 67.3 Å². The maximum atomic E-state index is 5.56. The lowest BCUT2D eigenvalue weighted by atomic mass is 10.0. The van der Waals surface area contributed by atoms with Crippen LogP contribution >= 0.6 is 0 Å². The van der Waals surface area contributed by atoms with Gasteiger partial charge in [0.1, 0.15) is 17.9 Å². The van der Waals surface area contributed by atoms with Crippen molar-refractivity contribution in [2.45, 2.75) is 38.6 Å². The third-order valence-electron chi connectivity index (χ3n) is 6.29. The van der Waals surface area contributed by atoms with Crippen LogP contribution in [0.3, 0.4) is 0 Å². The van der Waals surface area contributed by atoms with E-state index in [4.69, 9.17) is 4.74 Å². The smallest absolute Gasteiger partial charge is 0.142 e. The van der Waals surface area contributed by atoms with Crippen LogP contribution in [0.15, 0.2) is 36.8 Å². The second kappa shape index (κ2) is 8.99. The first-order chi connectivity index (χ1) is 14.2. The number of nitrogens with zero attached hydrogens (tertiary/aromatic N) is 5. The topological polar surface area (TPSA) is 44.7 Å². The van der Waals surface area contributed by atoms with E-state index in [0.717, 1.165) is 50.8 Å². The lowest BCUT2D eigenvalue weighted by Gasteiger charge is -2.44. The number of piperidine rings is 1. The number of benzene rings is 1. The van der Waals surface area contributed by atoms with Gasteiger partial charge in [-0.05, 0) is 30.9 Å². The number of anilines is 2. The number of rotatable bonds is 5. The van der Waals surface area contributed by atoms with Crippen molar-refractivity contribution in [2.24, 2.45) is 0 Å². The Kier molecular flexibility index (Phi) is 6.19. The fourth-order valence-electron chi connectivity index (χ4n) is 4.67. The highest BCUT2D eigenvalue weighted by atomic mass is 16.5. The molecule has 1 aromatic heterocycles. The highest BCUT2D eigenvalue weighted by molar-refractivity contribution is 5.58. The van der Waals surface area contributed by atoms with Gasteiger partial charge in [0.2, 0.25) is 0 Å². The van der Waals surface area contributed by atoms with E-state index < -0.39 is 0 Å². The first-order valence-electron chi connectivity index (χ1n) is 10.8. The lowest BCUT2D eigenvalue weighted by molar-refractivity contribution is 0.166. The summed E-state index contributed by atoms with van der Waals surface area (Å²) in [6.07, 6.45) is 6.17. The Balaban J connectivity index is 1.40. The molecular formula is C23H33N5O. The summed E-state index contributed by atoms with van der Waals surface area (Å²) in [6.45, 7) is 10.9. The van der Waals surface area contributed by atoms with E-state index in [2.05, 4.69) is 56.7 Å². The van der Waals surface area contributed by atoms with E-state index in [-0.39, 0.29) is 0 Å². The Bertz CT molecular complexity index is 803. The minimum absolute atomic E-state index is 0.441. The molecular weight excluding hydrogens is 362 g/mol. The maximum Gasteiger partial charge on any atom is 0.142 e. The zero-order chi connectivity index (χ0) is 20.2. The van der Waals surface area contributed by atoms with Gasteiger partial charge in [-0.2, -0.15) is 0 Å². The van der Waals surface area contributed by atoms with Crippen molar-refractivity contribution in [2.75, 3.05) is 56.2 Å². The summed E-state index contributed by atoms with van der Waals surface area (Å²) in [7, 11) is 1.75. The average Bonchev–Trinajstić information content (AvgIpc) is 2.79. The van der Waals surface area contributed by atoms with E-state index in [9.17, 15) is 0 Å². The van der Waals surface area contributed by atoms with Gasteiger partial charge < -0.3 is 14.5 Å². The number of methoxy groups -OCH3 is 1. The van der Waals surface area contributed by atoms with Gasteiger partial charge in [0.15, 0.2) is 0 Å². The van der Waals surface area contributed by atoms with Gasteiger partial charge in [-0.1, -0.05) is 26.0 Å². The molecule has 3 heterocycles. The predicted molar refractivity (Wildman–Crippen MR) is 118 cm³/mol. The Hall–Kier alpha value is -2.34. The standard InChI is InChI=1S/C23H33N5O/c1-18(2)20-15-24-17-25-23(20)28-10-6-7-19(16-28)26-11-13-27(14-12-26)21-8-4-5-9-22(21)29-3/h4-5,8-9,15,17-19H,6-7,10-14,16H2,1-3H3/t19-/m1/s1. The molecule has 0 N–H and O–H groups in total. The lowest BCUT2D eigenvalue weighted by Crippen LogP contribution is -2.55. The fraction of sp³-hybridized carbons (Fsp3) is 0.565. The molecule has 6 heteroatoms. The maximum absolute atomic E-state index is 5.56. The van der Waals surface area contributed by atoms with Crippen LogP contribution in [-0.2, 0) is 0 Å². The Labute approximate surface area is 174 Å². The number of piperazine rings is 1. The fourth-order valence-corrected chi connectivity index (χ4v) is 4.67. The summed E-state index contributed by atoms with van der Waals surface area (Å²) < 4.78 is 5.56. The second-order valence-corrected chi connectivity index (χ2v) is 8.39. The molecule has 4 rings (SSSR count). The van der Waals surface area contributed by atoms with E-state index in [1.165, 1.54) is 24.1 Å². The molecule has 2 aromatic rings. The van der Waals surface area contributed by atoms with Crippen molar-refractivity contribution in [1.82, 2.24) is 14.9 Å². The van der Waals surface area contributed by atoms with Gasteiger partial charge in [-0.15, -0.1) is 0 Å². The monoisotopic (exact) mass is 395 g/mol. The van der Waals surface area contributed by atoms with Gasteiger partial charge in [0.25, 0.3) is 0 Å². The van der Waals surface area contributed by atoms with E-state index in [0.29, 0.717) is 12.0 Å². The van der Waals surface area contributed by atoms with Crippen LogP contribution in [0.2, 0.25) is 0 Å². The Morgan fingerprint density at radius 3 is 2.59 bits per heavy atom. The first kappa shape index (κ1) is 20.0. The molecule has 0 spiro atoms. The molecule has 0 bridgehead atoms. The quantitative estimate of drug-likeness (QED) is 0.773. The van der Waals surface area contributed by atoms with Crippen molar-refractivity contribution >= 4 is 11.5 Å². The summed E-state index contributed by atoms with van der Waals surface area (Å²) in [5.41, 5.74) is 2.47. The van der Waals surface area contributed by atoms with Crippen LogP contribution in [0.1, 0.15) is 38.2 Å². The van der Waals surface area contributed by atoms with Gasteiger partial charge in [-0.3, -0.25) is 4.90 Å². The summed E-state index contributed by atoms with van der Waals surface area (Å²) in [5, 5.41) is 0.